The molecule has 7 N–H and O–H groups in total. The number of aliphatic hydroxyl groups excluding tert-OH is 3. The fourth-order valence-corrected chi connectivity index (χ4v) is 7.07. The summed E-state index contributed by atoms with van der Waals surface area (Å²) in [6.07, 6.45) is -0.199. The van der Waals surface area contributed by atoms with Crippen LogP contribution in [-0.4, -0.2) is 135 Å². The molecule has 1 amide bonds. The summed E-state index contributed by atoms with van der Waals surface area (Å²) in [5.41, 5.74) is -5.80. The number of phenols is 1. The van der Waals surface area contributed by atoms with Gasteiger partial charge in [-0.2, -0.15) is 0 Å². The van der Waals surface area contributed by atoms with Crippen LogP contribution in [0.1, 0.15) is 29.3 Å². The highest BCUT2D eigenvalue weighted by Crippen LogP contribution is 2.56. The summed E-state index contributed by atoms with van der Waals surface area (Å²) in [6.45, 7) is 4.60. The van der Waals surface area contributed by atoms with Crippen molar-refractivity contribution in [3.8, 4) is 5.75 Å². The van der Waals surface area contributed by atoms with E-state index in [1.807, 2.05) is 4.90 Å². The molecule has 0 spiro atoms. The molecular formula is C29H38N6O9. The quantitative estimate of drug-likeness (QED) is 0.150. The summed E-state index contributed by atoms with van der Waals surface area (Å²) in [5.74, 6) is -7.38. The van der Waals surface area contributed by atoms with Crippen molar-refractivity contribution >= 4 is 17.5 Å². The van der Waals surface area contributed by atoms with Gasteiger partial charge in [0, 0.05) is 60.9 Å². The SMILES string of the molecule is CN(C)[C@@H]1C(O)=C(C(=O)NCN2CCN(CCO)CC2)C(=O)[C@@]2(O)C(O)=C3C(=O)c4c(O)cccc4[C@@](C)(O)[C@H]3C[C@H]12.N#N. The molecule has 0 bridgehead atoms. The molecule has 1 saturated heterocycles. The third-order valence-electron chi connectivity index (χ3n) is 9.35. The van der Waals surface area contributed by atoms with E-state index in [0.29, 0.717) is 32.7 Å². The first-order chi connectivity index (χ1) is 20.8. The number of ketones is 2. The van der Waals surface area contributed by atoms with Crippen LogP contribution in [0.15, 0.2) is 40.9 Å². The first-order valence-corrected chi connectivity index (χ1v) is 14.2. The molecule has 15 heteroatoms. The number of hydrogen-bond donors (Lipinski definition) is 7. The Hall–Kier alpha value is -3.91. The standard InChI is InChI=1S/C29H38N4O9.N2/c1-28(41)15-5-4-6-18(35)19(15)23(36)20-16(28)13-17-22(31(2)3)24(37)21(26(39)29(17,42)25(20)38)27(40)30-14-33-9-7-32(8-10-33)11-12-34;1-2/h4-6,16-17,22,34-35,37-38,41-42H,7-14H2,1-3H3,(H,30,40);/t16-,17+,22-,28+,29-;/m0./s1. The fourth-order valence-electron chi connectivity index (χ4n) is 7.07. The van der Waals surface area contributed by atoms with Gasteiger partial charge in [0.05, 0.1) is 30.5 Å². The molecule has 1 aromatic rings. The van der Waals surface area contributed by atoms with Crippen LogP contribution >= 0.6 is 0 Å². The van der Waals surface area contributed by atoms with Crippen LogP contribution in [0, 0.1) is 22.6 Å². The van der Waals surface area contributed by atoms with Crippen LogP contribution in [0.3, 0.4) is 0 Å². The Morgan fingerprint density at radius 1 is 1.07 bits per heavy atom. The Morgan fingerprint density at radius 3 is 2.27 bits per heavy atom. The average molecular weight is 615 g/mol. The second-order valence-corrected chi connectivity index (χ2v) is 11.9. The van der Waals surface area contributed by atoms with Gasteiger partial charge in [0.25, 0.3) is 5.91 Å². The molecule has 44 heavy (non-hydrogen) atoms. The van der Waals surface area contributed by atoms with Gasteiger partial charge in [0.15, 0.2) is 11.4 Å². The molecule has 15 nitrogen and oxygen atoms in total. The molecular weight excluding hydrogens is 576 g/mol. The predicted molar refractivity (Wildman–Crippen MR) is 152 cm³/mol. The second kappa shape index (κ2) is 12.2. The van der Waals surface area contributed by atoms with Gasteiger partial charge >= 0.3 is 0 Å². The van der Waals surface area contributed by atoms with E-state index in [1.165, 1.54) is 30.0 Å². The first kappa shape index (κ1) is 33.0. The lowest BCUT2D eigenvalue weighted by atomic mass is 9.55. The molecule has 1 fully saturated rings. The summed E-state index contributed by atoms with van der Waals surface area (Å²) in [7, 11) is 3.15. The van der Waals surface area contributed by atoms with Gasteiger partial charge in [-0.3, -0.25) is 29.1 Å². The summed E-state index contributed by atoms with van der Waals surface area (Å²) in [6, 6.07) is 3.10. The van der Waals surface area contributed by atoms with Crippen LogP contribution in [-0.2, 0) is 15.2 Å². The lowest BCUT2D eigenvalue weighted by Crippen LogP contribution is -2.65. The Kier molecular flexibility index (Phi) is 9.17. The summed E-state index contributed by atoms with van der Waals surface area (Å²) >= 11 is 0. The lowest BCUT2D eigenvalue weighted by molar-refractivity contribution is -0.152. The number of benzene rings is 1. The Balaban J connectivity index is 0.00000216. The van der Waals surface area contributed by atoms with Crippen molar-refractivity contribution in [3.63, 3.8) is 0 Å². The molecule has 4 aliphatic rings. The van der Waals surface area contributed by atoms with Crippen molar-refractivity contribution in [2.24, 2.45) is 11.8 Å². The highest BCUT2D eigenvalue weighted by molar-refractivity contribution is 6.25. The Labute approximate surface area is 253 Å². The minimum Gasteiger partial charge on any atom is -0.510 e. The smallest absolute Gasteiger partial charge is 0.259 e. The van der Waals surface area contributed by atoms with Crippen LogP contribution in [0.2, 0.25) is 0 Å². The van der Waals surface area contributed by atoms with E-state index in [4.69, 9.17) is 15.9 Å². The largest absolute Gasteiger partial charge is 0.510 e. The van der Waals surface area contributed by atoms with E-state index < -0.39 is 75.0 Å². The van der Waals surface area contributed by atoms with Crippen LogP contribution in [0.25, 0.3) is 0 Å². The zero-order valence-corrected chi connectivity index (χ0v) is 24.8. The topological polar surface area (TPSA) is 242 Å². The highest BCUT2D eigenvalue weighted by atomic mass is 16.3. The van der Waals surface area contributed by atoms with Gasteiger partial charge in [0.2, 0.25) is 5.78 Å². The maximum atomic E-state index is 13.9. The van der Waals surface area contributed by atoms with Crippen molar-refractivity contribution in [3.05, 3.63) is 52.0 Å². The number of carbonyl (C=O) groups excluding carboxylic acids is 3. The predicted octanol–water partition coefficient (Wildman–Crippen LogP) is -0.986. The minimum absolute atomic E-state index is 0.0454. The lowest BCUT2D eigenvalue weighted by Gasteiger charge is -2.52. The molecule has 1 heterocycles. The maximum absolute atomic E-state index is 13.9. The molecule has 3 aliphatic carbocycles. The molecule has 238 valence electrons. The number of phenolic OH excluding ortho intramolecular Hbond substituents is 1. The minimum atomic E-state index is -2.76. The maximum Gasteiger partial charge on any atom is 0.259 e. The number of β-amino-alcohol motifs (C(OH)–C–C–N with tert-alkyl or cyclic N) is 1. The number of amides is 1. The van der Waals surface area contributed by atoms with Crippen molar-refractivity contribution in [2.75, 3.05) is 60.1 Å². The molecule has 1 aromatic carbocycles. The normalized spacial score (nSPS) is 30.7. The van der Waals surface area contributed by atoms with E-state index in [2.05, 4.69) is 10.2 Å². The molecule has 0 unspecified atom stereocenters. The summed E-state index contributed by atoms with van der Waals surface area (Å²) in [4.78, 5) is 46.5. The number of fused-ring (bicyclic) bond motifs is 3. The number of nitrogens with zero attached hydrogens (tertiary/aromatic N) is 5. The zero-order valence-electron chi connectivity index (χ0n) is 24.8. The van der Waals surface area contributed by atoms with Crippen molar-refractivity contribution in [1.82, 2.24) is 20.0 Å². The van der Waals surface area contributed by atoms with E-state index in [0.717, 1.165) is 0 Å². The number of hydrogen-bond acceptors (Lipinski definition) is 14. The zero-order chi connectivity index (χ0) is 32.7. The number of nitrogens with one attached hydrogen (secondary N) is 1. The fraction of sp³-hybridized carbons (Fsp3) is 0.552. The number of rotatable bonds is 6. The first-order valence-electron chi connectivity index (χ1n) is 14.2. The molecule has 0 radical (unpaired) electrons. The van der Waals surface area contributed by atoms with Crippen molar-refractivity contribution in [1.29, 1.82) is 10.8 Å². The number of carbonyl (C=O) groups is 3. The van der Waals surface area contributed by atoms with E-state index in [1.54, 1.807) is 14.1 Å². The van der Waals surface area contributed by atoms with E-state index >= 15 is 0 Å². The third kappa shape index (κ3) is 5.03. The molecule has 0 saturated carbocycles. The van der Waals surface area contributed by atoms with Crippen molar-refractivity contribution in [2.45, 2.75) is 30.6 Å². The van der Waals surface area contributed by atoms with Crippen LogP contribution in [0.4, 0.5) is 0 Å². The van der Waals surface area contributed by atoms with Gasteiger partial charge < -0.3 is 36.0 Å². The molecule has 0 aromatic heterocycles. The second-order valence-electron chi connectivity index (χ2n) is 11.9. The van der Waals surface area contributed by atoms with Gasteiger partial charge in [-0.1, -0.05) is 12.1 Å². The van der Waals surface area contributed by atoms with Gasteiger partial charge in [-0.15, -0.1) is 0 Å². The molecule has 1 aliphatic heterocycles. The highest BCUT2D eigenvalue weighted by Gasteiger charge is 2.65. The van der Waals surface area contributed by atoms with Gasteiger partial charge in [-0.05, 0) is 39.1 Å². The Morgan fingerprint density at radius 2 is 1.68 bits per heavy atom. The number of likely N-dealkylation sites (N-methyl/N-ethyl adjacent to an activating group) is 1. The number of Topliss-reactive ketones (excluding diaryl/α,β-unsaturated/α-hetero) is 2. The average Bonchev–Trinajstić information content (AvgIpc) is 2.98. The van der Waals surface area contributed by atoms with Gasteiger partial charge in [-0.25, -0.2) is 0 Å². The third-order valence-corrected chi connectivity index (χ3v) is 9.35. The Bertz CT molecular complexity index is 1430. The molecule has 5 rings (SSSR count). The number of piperazine rings is 1. The van der Waals surface area contributed by atoms with Crippen LogP contribution < -0.4 is 5.32 Å². The van der Waals surface area contributed by atoms with Gasteiger partial charge in [0.1, 0.15) is 22.8 Å². The van der Waals surface area contributed by atoms with Crippen LogP contribution in [0.5, 0.6) is 5.75 Å². The van der Waals surface area contributed by atoms with Crippen molar-refractivity contribution < 1.29 is 45.0 Å². The molecule has 5 atom stereocenters. The number of aliphatic hydroxyl groups is 5. The monoisotopic (exact) mass is 614 g/mol. The van der Waals surface area contributed by atoms with E-state index in [9.17, 15) is 39.9 Å². The number of aromatic hydroxyl groups is 1. The summed E-state index contributed by atoms with van der Waals surface area (Å²) < 4.78 is 0. The summed E-state index contributed by atoms with van der Waals surface area (Å²) in [5, 5.41) is 80.7. The van der Waals surface area contributed by atoms with E-state index in [-0.39, 0.29) is 30.8 Å².